The number of amides is 1. The lowest BCUT2D eigenvalue weighted by atomic mass is 10.1. The highest BCUT2D eigenvalue weighted by Crippen LogP contribution is 2.13. The van der Waals surface area contributed by atoms with Crippen LogP contribution in [0.3, 0.4) is 0 Å². The average Bonchev–Trinajstić information content (AvgIpc) is 2.62. The lowest BCUT2D eigenvalue weighted by Crippen LogP contribution is -2.48. The van der Waals surface area contributed by atoms with Crippen LogP contribution in [0.25, 0.3) is 10.9 Å². The standard InChI is InChI=1S/C20H27N3O3S/c1-14-12-22(13-15(2)26-14)18(24)10-4-3-7-11-23-19(25)16-8-5-6-9-17(16)21-20(23)27/h5-6,8-9,14-15H,3-4,7,10-13H2,1-2H3,(H,21,27)/t14-,15-/m0/s1. The molecule has 1 aromatic heterocycles. The molecule has 0 saturated carbocycles. The van der Waals surface area contributed by atoms with Crippen molar-refractivity contribution in [3.63, 3.8) is 0 Å². The Labute approximate surface area is 164 Å². The second kappa shape index (κ2) is 8.80. The topological polar surface area (TPSA) is 67.3 Å². The molecule has 2 heterocycles. The normalized spacial score (nSPS) is 20.1. The van der Waals surface area contributed by atoms with Crippen LogP contribution in [-0.2, 0) is 16.1 Å². The highest BCUT2D eigenvalue weighted by molar-refractivity contribution is 7.71. The summed E-state index contributed by atoms with van der Waals surface area (Å²) in [7, 11) is 0. The number of nitrogens with one attached hydrogen (secondary N) is 1. The van der Waals surface area contributed by atoms with Gasteiger partial charge in [-0.1, -0.05) is 18.6 Å². The second-order valence-electron chi connectivity index (χ2n) is 7.30. The average molecular weight is 390 g/mol. The number of aromatic nitrogens is 2. The maximum absolute atomic E-state index is 12.6. The zero-order chi connectivity index (χ0) is 19.4. The number of rotatable bonds is 6. The van der Waals surface area contributed by atoms with E-state index in [0.717, 1.165) is 24.8 Å². The van der Waals surface area contributed by atoms with Crippen LogP contribution in [0, 0.1) is 4.77 Å². The summed E-state index contributed by atoms with van der Waals surface area (Å²) in [6, 6.07) is 7.40. The van der Waals surface area contributed by atoms with E-state index in [0.29, 0.717) is 36.2 Å². The Bertz CT molecular complexity index is 911. The van der Waals surface area contributed by atoms with Gasteiger partial charge in [-0.3, -0.25) is 14.2 Å². The van der Waals surface area contributed by atoms with Crippen LogP contribution in [0.15, 0.2) is 29.1 Å². The molecular formula is C20H27N3O3S. The zero-order valence-corrected chi connectivity index (χ0v) is 16.8. The van der Waals surface area contributed by atoms with E-state index in [1.165, 1.54) is 0 Å². The first-order valence-electron chi connectivity index (χ1n) is 9.61. The number of aromatic amines is 1. The summed E-state index contributed by atoms with van der Waals surface area (Å²) in [6.45, 7) is 5.91. The van der Waals surface area contributed by atoms with Crippen molar-refractivity contribution in [1.29, 1.82) is 0 Å². The van der Waals surface area contributed by atoms with Crippen LogP contribution in [0.4, 0.5) is 0 Å². The number of H-pyrrole nitrogens is 1. The Balaban J connectivity index is 1.49. The van der Waals surface area contributed by atoms with Crippen LogP contribution >= 0.6 is 12.2 Å². The number of carbonyl (C=O) groups is 1. The molecule has 27 heavy (non-hydrogen) atoms. The van der Waals surface area contributed by atoms with Crippen LogP contribution in [-0.4, -0.2) is 45.7 Å². The van der Waals surface area contributed by atoms with E-state index in [4.69, 9.17) is 17.0 Å². The molecule has 1 fully saturated rings. The number of hydrogen-bond acceptors (Lipinski definition) is 4. The predicted octanol–water partition coefficient (Wildman–Crippen LogP) is 3.26. The molecule has 7 heteroatoms. The van der Waals surface area contributed by atoms with E-state index < -0.39 is 0 Å². The van der Waals surface area contributed by atoms with Gasteiger partial charge in [0.15, 0.2) is 4.77 Å². The number of carbonyl (C=O) groups excluding carboxylic acids is 1. The maximum Gasteiger partial charge on any atom is 0.262 e. The summed E-state index contributed by atoms with van der Waals surface area (Å²) in [5, 5.41) is 0.650. The first-order chi connectivity index (χ1) is 13.0. The fourth-order valence-electron chi connectivity index (χ4n) is 3.66. The summed E-state index contributed by atoms with van der Waals surface area (Å²) < 4.78 is 7.74. The van der Waals surface area contributed by atoms with Gasteiger partial charge in [-0.25, -0.2) is 0 Å². The third-order valence-electron chi connectivity index (χ3n) is 4.93. The van der Waals surface area contributed by atoms with Crippen molar-refractivity contribution in [1.82, 2.24) is 14.5 Å². The molecule has 0 bridgehead atoms. The van der Waals surface area contributed by atoms with E-state index in [9.17, 15) is 9.59 Å². The number of unbranched alkanes of at least 4 members (excludes halogenated alkanes) is 2. The summed E-state index contributed by atoms with van der Waals surface area (Å²) in [5.74, 6) is 0.192. The molecule has 6 nitrogen and oxygen atoms in total. The summed E-state index contributed by atoms with van der Waals surface area (Å²) >= 11 is 5.33. The van der Waals surface area contributed by atoms with Crippen molar-refractivity contribution in [2.24, 2.45) is 0 Å². The van der Waals surface area contributed by atoms with Gasteiger partial charge in [-0.15, -0.1) is 0 Å². The van der Waals surface area contributed by atoms with Crippen LogP contribution in [0.2, 0.25) is 0 Å². The number of ether oxygens (including phenoxy) is 1. The summed E-state index contributed by atoms with van der Waals surface area (Å²) in [6.07, 6.45) is 3.25. The van der Waals surface area contributed by atoms with Crippen LogP contribution in [0.5, 0.6) is 0 Å². The Morgan fingerprint density at radius 1 is 1.19 bits per heavy atom. The molecule has 0 aliphatic carbocycles. The van der Waals surface area contributed by atoms with E-state index >= 15 is 0 Å². The molecule has 1 amide bonds. The number of morpholine rings is 1. The van der Waals surface area contributed by atoms with Gasteiger partial charge in [0, 0.05) is 26.1 Å². The molecule has 1 N–H and O–H groups in total. The Morgan fingerprint density at radius 2 is 1.89 bits per heavy atom. The molecule has 2 aromatic rings. The van der Waals surface area contributed by atoms with Crippen molar-refractivity contribution in [3.05, 3.63) is 39.4 Å². The second-order valence-corrected chi connectivity index (χ2v) is 7.69. The van der Waals surface area contributed by atoms with Gasteiger partial charge in [0.05, 0.1) is 23.1 Å². The highest BCUT2D eigenvalue weighted by Gasteiger charge is 2.25. The SMILES string of the molecule is C[C@H]1CN(C(=O)CCCCCn2c(=S)[nH]c3ccccc3c2=O)C[C@H](C)O1. The van der Waals surface area contributed by atoms with Crippen molar-refractivity contribution >= 4 is 29.0 Å². The highest BCUT2D eigenvalue weighted by atomic mass is 32.1. The molecule has 0 spiro atoms. The smallest absolute Gasteiger partial charge is 0.262 e. The van der Waals surface area contributed by atoms with E-state index in [2.05, 4.69) is 4.98 Å². The minimum absolute atomic E-state index is 0.0540. The minimum atomic E-state index is -0.0540. The van der Waals surface area contributed by atoms with Gasteiger partial charge in [-0.2, -0.15) is 0 Å². The molecule has 1 saturated heterocycles. The van der Waals surface area contributed by atoms with Crippen LogP contribution < -0.4 is 5.56 Å². The van der Waals surface area contributed by atoms with Gasteiger partial charge in [-0.05, 0) is 51.0 Å². The van der Waals surface area contributed by atoms with Gasteiger partial charge in [0.25, 0.3) is 5.56 Å². The quantitative estimate of drug-likeness (QED) is 0.608. The van der Waals surface area contributed by atoms with E-state index in [-0.39, 0.29) is 23.7 Å². The van der Waals surface area contributed by atoms with Gasteiger partial charge in [0.1, 0.15) is 0 Å². The number of nitrogens with zero attached hydrogens (tertiary/aromatic N) is 2. The number of benzene rings is 1. The van der Waals surface area contributed by atoms with Crippen molar-refractivity contribution in [3.8, 4) is 0 Å². The molecular weight excluding hydrogens is 362 g/mol. The van der Waals surface area contributed by atoms with Gasteiger partial charge < -0.3 is 14.6 Å². The molecule has 1 aliphatic heterocycles. The summed E-state index contributed by atoms with van der Waals surface area (Å²) in [5.41, 5.74) is 0.713. The lowest BCUT2D eigenvalue weighted by molar-refractivity contribution is -0.143. The van der Waals surface area contributed by atoms with E-state index in [1.807, 2.05) is 43.0 Å². The Hall–Kier alpha value is -1.99. The van der Waals surface area contributed by atoms with Crippen molar-refractivity contribution < 1.29 is 9.53 Å². The fraction of sp³-hybridized carbons (Fsp3) is 0.550. The number of fused-ring (bicyclic) bond motifs is 1. The minimum Gasteiger partial charge on any atom is -0.372 e. The first-order valence-corrected chi connectivity index (χ1v) is 10.0. The molecule has 1 aliphatic rings. The predicted molar refractivity (Wildman–Crippen MR) is 108 cm³/mol. The first kappa shape index (κ1) is 19.8. The Morgan fingerprint density at radius 3 is 2.63 bits per heavy atom. The molecule has 146 valence electrons. The van der Waals surface area contributed by atoms with Gasteiger partial charge in [0.2, 0.25) is 5.91 Å². The Kier molecular flexibility index (Phi) is 6.44. The third-order valence-corrected chi connectivity index (χ3v) is 5.26. The zero-order valence-electron chi connectivity index (χ0n) is 15.9. The fourth-order valence-corrected chi connectivity index (χ4v) is 3.95. The van der Waals surface area contributed by atoms with Crippen molar-refractivity contribution in [2.75, 3.05) is 13.1 Å². The molecule has 2 atom stereocenters. The van der Waals surface area contributed by atoms with Gasteiger partial charge >= 0.3 is 0 Å². The molecule has 1 aromatic carbocycles. The van der Waals surface area contributed by atoms with Crippen LogP contribution in [0.1, 0.15) is 39.5 Å². The molecule has 0 unspecified atom stereocenters. The van der Waals surface area contributed by atoms with Crippen molar-refractivity contribution in [2.45, 2.75) is 58.3 Å². The molecule has 0 radical (unpaired) electrons. The monoisotopic (exact) mass is 389 g/mol. The summed E-state index contributed by atoms with van der Waals surface area (Å²) in [4.78, 5) is 30.0. The maximum atomic E-state index is 12.6. The third kappa shape index (κ3) is 4.84. The lowest BCUT2D eigenvalue weighted by Gasteiger charge is -2.35. The molecule has 3 rings (SSSR count). The number of hydrogen-bond donors (Lipinski definition) is 1. The largest absolute Gasteiger partial charge is 0.372 e. The van der Waals surface area contributed by atoms with E-state index in [1.54, 1.807) is 4.57 Å². The number of para-hydroxylation sites is 1.